The van der Waals surface area contributed by atoms with Gasteiger partial charge in [0, 0.05) is 17.0 Å². The molecule has 1 saturated heterocycles. The van der Waals surface area contributed by atoms with Crippen LogP contribution < -0.4 is 0 Å². The van der Waals surface area contributed by atoms with Gasteiger partial charge in [-0.25, -0.2) is 12.7 Å². The van der Waals surface area contributed by atoms with E-state index in [1.165, 1.54) is 23.5 Å². The number of hydrogen-bond acceptors (Lipinski definition) is 6. The number of carbonyl (C=O) groups excluding carboxylic acids is 1. The number of non-ortho nitro benzene ring substituents is 1. The number of nitro benzene ring substituents is 1. The van der Waals surface area contributed by atoms with Gasteiger partial charge in [0.2, 0.25) is 5.91 Å². The topological polar surface area (TPSA) is 97.6 Å². The molecule has 0 bridgehead atoms. The minimum atomic E-state index is -4.19. The fourth-order valence-electron chi connectivity index (χ4n) is 4.04. The van der Waals surface area contributed by atoms with E-state index in [9.17, 15) is 23.3 Å². The standard InChI is InChI=1S/C21H18N2O5S2/c1-2-21(15-7-4-3-5-8-15)19(18-9-6-14-29-18)22(20(21)24)30(27,28)17-12-10-16(11-13-17)23(25)26/h3-14,19H,2H2,1H3/t19-,21+/m1/s1. The van der Waals surface area contributed by atoms with Gasteiger partial charge in [-0.2, -0.15) is 0 Å². The zero-order valence-electron chi connectivity index (χ0n) is 16.0. The van der Waals surface area contributed by atoms with Crippen molar-refractivity contribution in [2.24, 2.45) is 0 Å². The maximum atomic E-state index is 13.5. The van der Waals surface area contributed by atoms with E-state index < -0.39 is 32.3 Å². The normalized spacial score (nSPS) is 21.3. The molecule has 154 valence electrons. The van der Waals surface area contributed by atoms with Crippen molar-refractivity contribution < 1.29 is 18.1 Å². The van der Waals surface area contributed by atoms with E-state index in [2.05, 4.69) is 0 Å². The van der Waals surface area contributed by atoms with Crippen molar-refractivity contribution in [2.75, 3.05) is 0 Å². The lowest BCUT2D eigenvalue weighted by Gasteiger charge is -2.54. The lowest BCUT2D eigenvalue weighted by Crippen LogP contribution is -2.67. The van der Waals surface area contributed by atoms with Crippen LogP contribution in [0.3, 0.4) is 0 Å². The Morgan fingerprint density at radius 2 is 1.73 bits per heavy atom. The van der Waals surface area contributed by atoms with E-state index in [0.717, 1.165) is 26.9 Å². The lowest BCUT2D eigenvalue weighted by molar-refractivity contribution is -0.384. The fraction of sp³-hybridized carbons (Fsp3) is 0.190. The molecule has 1 aromatic heterocycles. The average molecular weight is 443 g/mol. The van der Waals surface area contributed by atoms with Crippen molar-refractivity contribution in [3.63, 3.8) is 0 Å². The van der Waals surface area contributed by atoms with Crippen LogP contribution in [0.4, 0.5) is 5.69 Å². The summed E-state index contributed by atoms with van der Waals surface area (Å²) in [5.74, 6) is -0.493. The maximum absolute atomic E-state index is 13.5. The molecule has 0 unspecified atom stereocenters. The number of rotatable bonds is 6. The smallest absolute Gasteiger partial charge is 0.269 e. The van der Waals surface area contributed by atoms with Crippen LogP contribution in [-0.2, 0) is 20.2 Å². The van der Waals surface area contributed by atoms with Crippen LogP contribution in [0.25, 0.3) is 0 Å². The quantitative estimate of drug-likeness (QED) is 0.322. The SMILES string of the molecule is CC[C@@]1(c2ccccc2)C(=O)N(S(=O)(=O)c2ccc([N+](=O)[O-])cc2)[C@@H]1c1cccs1. The predicted molar refractivity (Wildman–Crippen MR) is 113 cm³/mol. The van der Waals surface area contributed by atoms with Crippen molar-refractivity contribution in [2.45, 2.75) is 29.7 Å². The molecule has 0 aliphatic carbocycles. The second-order valence-electron chi connectivity index (χ2n) is 6.97. The fourth-order valence-corrected chi connectivity index (χ4v) is 6.67. The third-order valence-corrected chi connectivity index (χ3v) is 8.23. The second kappa shape index (κ2) is 7.33. The molecule has 0 spiro atoms. The molecular formula is C21H18N2O5S2. The van der Waals surface area contributed by atoms with Crippen LogP contribution >= 0.6 is 11.3 Å². The Morgan fingerprint density at radius 1 is 1.07 bits per heavy atom. The van der Waals surface area contributed by atoms with Crippen LogP contribution in [0.5, 0.6) is 0 Å². The largest absolute Gasteiger partial charge is 0.273 e. The minimum absolute atomic E-state index is 0.152. The molecule has 0 N–H and O–H groups in total. The van der Waals surface area contributed by atoms with Gasteiger partial charge in [0.15, 0.2) is 0 Å². The van der Waals surface area contributed by atoms with Crippen LogP contribution in [0.1, 0.15) is 29.8 Å². The number of sulfonamides is 1. The molecule has 7 nitrogen and oxygen atoms in total. The van der Waals surface area contributed by atoms with Gasteiger partial charge in [0.05, 0.1) is 9.82 Å². The first-order chi connectivity index (χ1) is 14.3. The second-order valence-corrected chi connectivity index (χ2v) is 9.76. The average Bonchev–Trinajstić information content (AvgIpc) is 3.27. The zero-order chi connectivity index (χ0) is 21.5. The monoisotopic (exact) mass is 442 g/mol. The number of benzene rings is 2. The summed E-state index contributed by atoms with van der Waals surface area (Å²) in [6.07, 6.45) is 0.435. The highest BCUT2D eigenvalue weighted by atomic mass is 32.2. The summed E-state index contributed by atoms with van der Waals surface area (Å²) in [5.41, 5.74) is -0.433. The van der Waals surface area contributed by atoms with E-state index in [0.29, 0.717) is 6.42 Å². The molecule has 30 heavy (non-hydrogen) atoms. The van der Waals surface area contributed by atoms with Gasteiger partial charge in [-0.05, 0) is 35.6 Å². The molecule has 2 atom stereocenters. The van der Waals surface area contributed by atoms with Gasteiger partial charge in [0.1, 0.15) is 11.5 Å². The van der Waals surface area contributed by atoms with E-state index in [1.54, 1.807) is 0 Å². The number of nitro groups is 1. The summed E-state index contributed by atoms with van der Waals surface area (Å²) < 4.78 is 27.7. The Labute approximate surface area is 177 Å². The third kappa shape index (κ3) is 2.85. The third-order valence-electron chi connectivity index (χ3n) is 5.55. The van der Waals surface area contributed by atoms with Gasteiger partial charge in [-0.1, -0.05) is 43.3 Å². The number of nitrogens with zero attached hydrogens (tertiary/aromatic N) is 2. The summed E-state index contributed by atoms with van der Waals surface area (Å²) in [4.78, 5) is 24.4. The van der Waals surface area contributed by atoms with Crippen LogP contribution in [0.15, 0.2) is 77.0 Å². The number of carbonyl (C=O) groups is 1. The Bertz CT molecular complexity index is 1190. The van der Waals surface area contributed by atoms with Crippen LogP contribution in [0, 0.1) is 10.1 Å². The highest BCUT2D eigenvalue weighted by Gasteiger charge is 2.65. The van der Waals surface area contributed by atoms with Gasteiger partial charge in [0.25, 0.3) is 15.7 Å². The van der Waals surface area contributed by atoms with Gasteiger partial charge >= 0.3 is 0 Å². The molecule has 3 aromatic rings. The van der Waals surface area contributed by atoms with E-state index >= 15 is 0 Å². The molecule has 9 heteroatoms. The highest BCUT2D eigenvalue weighted by Crippen LogP contribution is 2.56. The first kappa shape index (κ1) is 20.2. The summed E-state index contributed by atoms with van der Waals surface area (Å²) in [7, 11) is -4.19. The molecule has 1 amide bonds. The summed E-state index contributed by atoms with van der Waals surface area (Å²) in [6.45, 7) is 1.88. The highest BCUT2D eigenvalue weighted by molar-refractivity contribution is 7.89. The summed E-state index contributed by atoms with van der Waals surface area (Å²) in [6, 6.07) is 16.8. The number of amides is 1. The summed E-state index contributed by atoms with van der Waals surface area (Å²) in [5, 5.41) is 12.7. The molecule has 1 fully saturated rings. The molecule has 2 aromatic carbocycles. The molecular weight excluding hydrogens is 424 g/mol. The Balaban J connectivity index is 1.84. The zero-order valence-corrected chi connectivity index (χ0v) is 17.6. The molecule has 4 rings (SSSR count). The Kier molecular flexibility index (Phi) is 4.95. The number of β-lactam (4-membered cyclic amide) rings is 1. The first-order valence-electron chi connectivity index (χ1n) is 9.26. The van der Waals surface area contributed by atoms with Crippen molar-refractivity contribution in [1.82, 2.24) is 4.31 Å². The lowest BCUT2D eigenvalue weighted by atomic mass is 9.65. The van der Waals surface area contributed by atoms with Gasteiger partial charge < -0.3 is 0 Å². The number of hydrogen-bond donors (Lipinski definition) is 0. The van der Waals surface area contributed by atoms with Crippen LogP contribution in [0.2, 0.25) is 0 Å². The molecule has 2 heterocycles. The van der Waals surface area contributed by atoms with Crippen molar-refractivity contribution in [3.8, 4) is 0 Å². The Hall–Kier alpha value is -3.04. The van der Waals surface area contributed by atoms with Gasteiger partial charge in [-0.3, -0.25) is 14.9 Å². The molecule has 1 aliphatic rings. The molecule has 0 radical (unpaired) electrons. The van der Waals surface area contributed by atoms with Crippen molar-refractivity contribution in [1.29, 1.82) is 0 Å². The number of thiophene rings is 1. The van der Waals surface area contributed by atoms with Crippen LogP contribution in [-0.4, -0.2) is 23.6 Å². The van der Waals surface area contributed by atoms with Gasteiger partial charge in [-0.15, -0.1) is 11.3 Å². The van der Waals surface area contributed by atoms with Crippen molar-refractivity contribution >= 4 is 33.0 Å². The minimum Gasteiger partial charge on any atom is -0.273 e. The Morgan fingerprint density at radius 3 is 2.27 bits per heavy atom. The van der Waals surface area contributed by atoms with Crippen molar-refractivity contribution in [3.05, 3.63) is 92.7 Å². The van der Waals surface area contributed by atoms with E-state index in [4.69, 9.17) is 0 Å². The maximum Gasteiger partial charge on any atom is 0.269 e. The molecule has 1 aliphatic heterocycles. The van der Waals surface area contributed by atoms with E-state index in [1.807, 2.05) is 54.8 Å². The summed E-state index contributed by atoms with van der Waals surface area (Å²) >= 11 is 1.39. The molecule has 0 saturated carbocycles. The van der Waals surface area contributed by atoms with E-state index in [-0.39, 0.29) is 10.6 Å². The predicted octanol–water partition coefficient (Wildman–Crippen LogP) is 4.28. The first-order valence-corrected chi connectivity index (χ1v) is 11.6.